The number of benzene rings is 1. The van der Waals surface area contributed by atoms with Gasteiger partial charge in [0.05, 0.1) is 0 Å². The van der Waals surface area contributed by atoms with Crippen molar-refractivity contribution < 1.29 is 9.59 Å². The number of hydrogen-bond donors (Lipinski definition) is 1. The van der Waals surface area contributed by atoms with Crippen LogP contribution in [0, 0.1) is 0 Å². The molecule has 0 bridgehead atoms. The lowest BCUT2D eigenvalue weighted by Gasteiger charge is -2.25. The first kappa shape index (κ1) is 13.1. The van der Waals surface area contributed by atoms with Crippen LogP contribution in [-0.4, -0.2) is 28.7 Å². The molecular weight excluding hydrogens is 296 g/mol. The maximum absolute atomic E-state index is 12.5. The van der Waals surface area contributed by atoms with Crippen LogP contribution in [0.5, 0.6) is 0 Å². The highest BCUT2D eigenvalue weighted by Gasteiger charge is 2.50. The Morgan fingerprint density at radius 3 is 2.50 bits per heavy atom. The lowest BCUT2D eigenvalue weighted by Crippen LogP contribution is -2.43. The van der Waals surface area contributed by atoms with Crippen molar-refractivity contribution in [1.29, 1.82) is 0 Å². The van der Waals surface area contributed by atoms with Crippen LogP contribution in [0.1, 0.15) is 18.9 Å². The lowest BCUT2D eigenvalue weighted by molar-refractivity contribution is -0.131. The maximum atomic E-state index is 12.5. The van der Waals surface area contributed by atoms with Crippen LogP contribution in [0.4, 0.5) is 4.79 Å². The topological polar surface area (TPSA) is 49.4 Å². The van der Waals surface area contributed by atoms with Gasteiger partial charge in [-0.05, 0) is 12.0 Å². The largest absolute Gasteiger partial charge is 0.325 e. The number of carbonyl (C=O) groups excluding carboxylic acids is 2. The van der Waals surface area contributed by atoms with Crippen LogP contribution in [0.15, 0.2) is 30.3 Å². The van der Waals surface area contributed by atoms with Crippen molar-refractivity contribution in [3.8, 4) is 0 Å². The SMILES string of the molecule is CCC1(c2ccccc2)NC(=O)N(CCBr)C1=O. The van der Waals surface area contributed by atoms with Crippen molar-refractivity contribution in [2.24, 2.45) is 0 Å². The Kier molecular flexibility index (Phi) is 3.71. The number of halogens is 1. The van der Waals surface area contributed by atoms with Crippen LogP contribution < -0.4 is 5.32 Å². The van der Waals surface area contributed by atoms with E-state index in [1.807, 2.05) is 37.3 Å². The fourth-order valence-corrected chi connectivity index (χ4v) is 2.63. The van der Waals surface area contributed by atoms with E-state index in [0.29, 0.717) is 18.3 Å². The van der Waals surface area contributed by atoms with Gasteiger partial charge in [-0.1, -0.05) is 53.2 Å². The van der Waals surface area contributed by atoms with Crippen molar-refractivity contribution in [3.63, 3.8) is 0 Å². The number of rotatable bonds is 4. The van der Waals surface area contributed by atoms with E-state index in [4.69, 9.17) is 0 Å². The molecule has 0 radical (unpaired) electrons. The molecule has 1 aromatic carbocycles. The first-order chi connectivity index (χ1) is 8.65. The fourth-order valence-electron chi connectivity index (χ4n) is 2.28. The van der Waals surface area contributed by atoms with Gasteiger partial charge in [-0.15, -0.1) is 0 Å². The summed E-state index contributed by atoms with van der Waals surface area (Å²) < 4.78 is 0. The minimum absolute atomic E-state index is 0.166. The van der Waals surface area contributed by atoms with Gasteiger partial charge >= 0.3 is 6.03 Å². The van der Waals surface area contributed by atoms with Crippen LogP contribution in [0.3, 0.4) is 0 Å². The Bertz CT molecular complexity index is 463. The molecular formula is C13H15BrN2O2. The van der Waals surface area contributed by atoms with E-state index >= 15 is 0 Å². The van der Waals surface area contributed by atoms with Crippen LogP contribution in [0.25, 0.3) is 0 Å². The number of nitrogens with zero attached hydrogens (tertiary/aromatic N) is 1. The van der Waals surface area contributed by atoms with Gasteiger partial charge in [0.25, 0.3) is 5.91 Å². The summed E-state index contributed by atoms with van der Waals surface area (Å²) in [4.78, 5) is 25.6. The van der Waals surface area contributed by atoms with Gasteiger partial charge < -0.3 is 5.32 Å². The summed E-state index contributed by atoms with van der Waals surface area (Å²) in [7, 11) is 0. The minimum atomic E-state index is -0.902. The van der Waals surface area contributed by atoms with Crippen molar-refractivity contribution in [3.05, 3.63) is 35.9 Å². The number of hydrogen-bond acceptors (Lipinski definition) is 2. The third-order valence-corrected chi connectivity index (χ3v) is 3.64. The molecule has 1 saturated heterocycles. The molecule has 1 aliphatic heterocycles. The standard InChI is InChI=1S/C13H15BrN2O2/c1-2-13(10-6-4-3-5-7-10)11(17)16(9-8-14)12(18)15-13/h3-7H,2,8-9H2,1H3,(H,15,18). The Morgan fingerprint density at radius 2 is 1.94 bits per heavy atom. The third-order valence-electron chi connectivity index (χ3n) is 3.28. The van der Waals surface area contributed by atoms with E-state index in [2.05, 4.69) is 21.2 Å². The monoisotopic (exact) mass is 310 g/mol. The maximum Gasteiger partial charge on any atom is 0.325 e. The molecule has 1 fully saturated rings. The molecule has 96 valence electrons. The summed E-state index contributed by atoms with van der Waals surface area (Å²) in [6, 6.07) is 9.08. The zero-order valence-corrected chi connectivity index (χ0v) is 11.7. The number of imide groups is 1. The molecule has 4 nitrogen and oxygen atoms in total. The van der Waals surface area contributed by atoms with Gasteiger partial charge in [0.1, 0.15) is 5.54 Å². The highest BCUT2D eigenvalue weighted by atomic mass is 79.9. The smallest absolute Gasteiger partial charge is 0.319 e. The summed E-state index contributed by atoms with van der Waals surface area (Å²) in [5, 5.41) is 3.42. The second-order valence-electron chi connectivity index (χ2n) is 4.20. The first-order valence-electron chi connectivity index (χ1n) is 5.91. The van der Waals surface area contributed by atoms with Crippen LogP contribution in [0.2, 0.25) is 0 Å². The molecule has 0 saturated carbocycles. The Hall–Kier alpha value is -1.36. The Morgan fingerprint density at radius 1 is 1.28 bits per heavy atom. The average molecular weight is 311 g/mol. The molecule has 0 aliphatic carbocycles. The van der Waals surface area contributed by atoms with Gasteiger partial charge in [-0.3, -0.25) is 9.69 Å². The van der Waals surface area contributed by atoms with E-state index in [1.54, 1.807) is 0 Å². The van der Waals surface area contributed by atoms with Gasteiger partial charge in [-0.25, -0.2) is 4.79 Å². The van der Waals surface area contributed by atoms with E-state index < -0.39 is 5.54 Å². The van der Waals surface area contributed by atoms with E-state index in [-0.39, 0.29) is 11.9 Å². The molecule has 1 heterocycles. The molecule has 3 amide bonds. The van der Waals surface area contributed by atoms with E-state index in [1.165, 1.54) is 4.90 Å². The zero-order chi connectivity index (χ0) is 13.2. The summed E-state index contributed by atoms with van der Waals surface area (Å²) in [6.45, 7) is 2.29. The Balaban J connectivity index is 2.41. The molecule has 0 aromatic heterocycles. The summed E-state index contributed by atoms with van der Waals surface area (Å²) in [5.41, 5.74) is -0.0662. The lowest BCUT2D eigenvalue weighted by atomic mass is 9.87. The van der Waals surface area contributed by atoms with Gasteiger partial charge in [0, 0.05) is 11.9 Å². The minimum Gasteiger partial charge on any atom is -0.319 e. The normalized spacial score (nSPS) is 23.3. The molecule has 1 N–H and O–H groups in total. The molecule has 0 spiro atoms. The molecule has 1 aromatic rings. The predicted octanol–water partition coefficient (Wildman–Crippen LogP) is 2.24. The number of alkyl halides is 1. The van der Waals surface area contributed by atoms with E-state index in [9.17, 15) is 9.59 Å². The average Bonchev–Trinajstić information content (AvgIpc) is 2.65. The highest BCUT2D eigenvalue weighted by Crippen LogP contribution is 2.32. The van der Waals surface area contributed by atoms with Gasteiger partial charge in [0.15, 0.2) is 0 Å². The second-order valence-corrected chi connectivity index (χ2v) is 4.99. The number of nitrogens with one attached hydrogen (secondary N) is 1. The molecule has 1 aliphatic rings. The van der Waals surface area contributed by atoms with Crippen LogP contribution in [-0.2, 0) is 10.3 Å². The quantitative estimate of drug-likeness (QED) is 0.685. The summed E-state index contributed by atoms with van der Waals surface area (Å²) in [5.74, 6) is -0.166. The van der Waals surface area contributed by atoms with E-state index in [0.717, 1.165) is 5.56 Å². The Labute approximate surface area is 114 Å². The highest BCUT2D eigenvalue weighted by molar-refractivity contribution is 9.09. The number of carbonyl (C=O) groups is 2. The van der Waals surface area contributed by atoms with Gasteiger partial charge in [-0.2, -0.15) is 0 Å². The third kappa shape index (κ3) is 1.92. The number of urea groups is 1. The molecule has 5 heteroatoms. The first-order valence-corrected chi connectivity index (χ1v) is 7.03. The van der Waals surface area contributed by atoms with Crippen molar-refractivity contribution in [2.75, 3.05) is 11.9 Å². The van der Waals surface area contributed by atoms with Crippen molar-refractivity contribution >= 4 is 27.9 Å². The molecule has 2 rings (SSSR count). The second kappa shape index (κ2) is 5.10. The fraction of sp³-hybridized carbons (Fsp3) is 0.385. The molecule has 1 unspecified atom stereocenters. The summed E-state index contributed by atoms with van der Waals surface area (Å²) >= 11 is 3.26. The zero-order valence-electron chi connectivity index (χ0n) is 10.1. The molecule has 18 heavy (non-hydrogen) atoms. The van der Waals surface area contributed by atoms with Crippen molar-refractivity contribution in [2.45, 2.75) is 18.9 Å². The van der Waals surface area contributed by atoms with Crippen LogP contribution >= 0.6 is 15.9 Å². The summed E-state index contributed by atoms with van der Waals surface area (Å²) in [6.07, 6.45) is 0.542. The molecule has 1 atom stereocenters. The number of amides is 3. The predicted molar refractivity (Wildman–Crippen MR) is 72.4 cm³/mol. The van der Waals surface area contributed by atoms with Crippen molar-refractivity contribution in [1.82, 2.24) is 10.2 Å². The van der Waals surface area contributed by atoms with Gasteiger partial charge in [0.2, 0.25) is 0 Å².